The number of esters is 2. The van der Waals surface area contributed by atoms with Crippen LogP contribution in [0.2, 0.25) is 0 Å². The fourth-order valence-electron chi connectivity index (χ4n) is 2.59. The summed E-state index contributed by atoms with van der Waals surface area (Å²) in [4.78, 5) is 23.0. The van der Waals surface area contributed by atoms with Crippen LogP contribution in [0.5, 0.6) is 0 Å². The van der Waals surface area contributed by atoms with Gasteiger partial charge in [-0.3, -0.25) is 0 Å². The molecular weight excluding hydrogens is 304 g/mol. The fraction of sp³-hybridized carbons (Fsp3) is 0.700. The van der Waals surface area contributed by atoms with Gasteiger partial charge in [0.1, 0.15) is 0 Å². The highest BCUT2D eigenvalue weighted by Gasteiger charge is 1.99. The average Bonchev–Trinajstić information content (AvgIpc) is 2.57. The van der Waals surface area contributed by atoms with Crippen LogP contribution in [0.3, 0.4) is 0 Å². The summed E-state index contributed by atoms with van der Waals surface area (Å²) in [6, 6.07) is 0. The standard InChI is InChI=1S/C20H32O4/c21-19-15-11-9-7-5-3-1-2-4-6-8-10-12-16-20(22)24-18-14-13-17-23-19/h11-12,15-16H,1-10,13-14,17-18H2/b15-11-,16-12-. The van der Waals surface area contributed by atoms with Crippen LogP contribution in [0.4, 0.5) is 0 Å². The molecule has 0 aromatic rings. The second-order valence-corrected chi connectivity index (χ2v) is 6.25. The third kappa shape index (κ3) is 12.9. The molecule has 0 N–H and O–H groups in total. The van der Waals surface area contributed by atoms with Crippen LogP contribution in [0.25, 0.3) is 0 Å². The smallest absolute Gasteiger partial charge is 0.330 e. The van der Waals surface area contributed by atoms with Gasteiger partial charge in [-0.15, -0.1) is 0 Å². The third-order valence-electron chi connectivity index (χ3n) is 4.03. The van der Waals surface area contributed by atoms with E-state index in [0.29, 0.717) is 26.1 Å². The molecule has 0 aliphatic carbocycles. The molecule has 0 aromatic carbocycles. The zero-order chi connectivity index (χ0) is 17.3. The number of allylic oxidation sites excluding steroid dienone is 2. The summed E-state index contributed by atoms with van der Waals surface area (Å²) >= 11 is 0. The zero-order valence-corrected chi connectivity index (χ0v) is 14.8. The van der Waals surface area contributed by atoms with E-state index in [4.69, 9.17) is 9.47 Å². The molecule has 0 radical (unpaired) electrons. The molecule has 136 valence electrons. The van der Waals surface area contributed by atoms with Gasteiger partial charge in [-0.25, -0.2) is 9.59 Å². The minimum atomic E-state index is -0.280. The van der Waals surface area contributed by atoms with E-state index in [0.717, 1.165) is 25.7 Å². The van der Waals surface area contributed by atoms with E-state index in [1.165, 1.54) is 50.7 Å². The van der Waals surface area contributed by atoms with E-state index in [9.17, 15) is 9.59 Å². The van der Waals surface area contributed by atoms with Crippen molar-refractivity contribution in [1.29, 1.82) is 0 Å². The van der Waals surface area contributed by atoms with E-state index in [2.05, 4.69) is 0 Å². The van der Waals surface area contributed by atoms with Crippen LogP contribution in [0.1, 0.15) is 77.0 Å². The lowest BCUT2D eigenvalue weighted by Crippen LogP contribution is -2.06. The van der Waals surface area contributed by atoms with E-state index < -0.39 is 0 Å². The van der Waals surface area contributed by atoms with Crippen molar-refractivity contribution in [2.24, 2.45) is 0 Å². The summed E-state index contributed by atoms with van der Waals surface area (Å²) in [6.07, 6.45) is 20.0. The molecule has 24 heavy (non-hydrogen) atoms. The van der Waals surface area contributed by atoms with Crippen LogP contribution in [-0.4, -0.2) is 25.2 Å². The first kappa shape index (κ1) is 20.5. The third-order valence-corrected chi connectivity index (χ3v) is 4.03. The molecule has 0 atom stereocenters. The van der Waals surface area contributed by atoms with Crippen molar-refractivity contribution in [3.63, 3.8) is 0 Å². The van der Waals surface area contributed by atoms with E-state index in [1.54, 1.807) is 0 Å². The largest absolute Gasteiger partial charge is 0.463 e. The van der Waals surface area contributed by atoms with Gasteiger partial charge in [0.25, 0.3) is 0 Å². The average molecular weight is 336 g/mol. The van der Waals surface area contributed by atoms with Crippen molar-refractivity contribution >= 4 is 11.9 Å². The van der Waals surface area contributed by atoms with Gasteiger partial charge in [0.05, 0.1) is 13.2 Å². The molecule has 0 saturated heterocycles. The van der Waals surface area contributed by atoms with Crippen molar-refractivity contribution < 1.29 is 19.1 Å². The molecule has 1 aliphatic heterocycles. The second-order valence-electron chi connectivity index (χ2n) is 6.25. The van der Waals surface area contributed by atoms with Crippen LogP contribution < -0.4 is 0 Å². The summed E-state index contributed by atoms with van der Waals surface area (Å²) in [7, 11) is 0. The number of carbonyl (C=O) groups is 2. The lowest BCUT2D eigenvalue weighted by atomic mass is 10.1. The first-order valence-electron chi connectivity index (χ1n) is 9.45. The Morgan fingerprint density at radius 2 is 0.917 bits per heavy atom. The first-order valence-corrected chi connectivity index (χ1v) is 9.45. The molecule has 0 unspecified atom stereocenters. The number of hydrogen-bond donors (Lipinski definition) is 0. The molecule has 0 bridgehead atoms. The SMILES string of the molecule is O=C1/C=C\CCCCCCCCCC/C=C\C(=O)OCCCCO1. The Labute approximate surface area is 146 Å². The zero-order valence-electron chi connectivity index (χ0n) is 14.8. The minimum absolute atomic E-state index is 0.280. The first-order chi connectivity index (χ1) is 11.8. The predicted octanol–water partition coefficient (Wildman–Crippen LogP) is 4.88. The molecule has 0 saturated carbocycles. The van der Waals surface area contributed by atoms with Gasteiger partial charge in [-0.1, -0.05) is 50.7 Å². The van der Waals surface area contributed by atoms with Crippen LogP contribution in [-0.2, 0) is 19.1 Å². The van der Waals surface area contributed by atoms with Gasteiger partial charge in [0.15, 0.2) is 0 Å². The van der Waals surface area contributed by atoms with E-state index >= 15 is 0 Å². The highest BCUT2D eigenvalue weighted by Crippen LogP contribution is 2.11. The molecule has 0 spiro atoms. The Morgan fingerprint density at radius 3 is 1.33 bits per heavy atom. The van der Waals surface area contributed by atoms with Crippen molar-refractivity contribution in [2.75, 3.05) is 13.2 Å². The topological polar surface area (TPSA) is 52.6 Å². The van der Waals surface area contributed by atoms with Crippen molar-refractivity contribution in [1.82, 2.24) is 0 Å². The molecular formula is C20H32O4. The van der Waals surface area contributed by atoms with Crippen molar-refractivity contribution in [3.8, 4) is 0 Å². The molecule has 0 amide bonds. The van der Waals surface area contributed by atoms with Gasteiger partial charge in [0.2, 0.25) is 0 Å². The Morgan fingerprint density at radius 1 is 0.542 bits per heavy atom. The van der Waals surface area contributed by atoms with Gasteiger partial charge < -0.3 is 9.47 Å². The monoisotopic (exact) mass is 336 g/mol. The molecule has 0 fully saturated rings. The number of carbonyl (C=O) groups excluding carboxylic acids is 2. The van der Waals surface area contributed by atoms with E-state index in [-0.39, 0.29) is 11.9 Å². The molecule has 0 aromatic heterocycles. The maximum atomic E-state index is 11.5. The number of rotatable bonds is 0. The Balaban J connectivity index is 2.27. The second kappa shape index (κ2) is 15.0. The van der Waals surface area contributed by atoms with E-state index in [1.807, 2.05) is 12.2 Å². The number of cyclic esters (lactones) is 2. The summed E-state index contributed by atoms with van der Waals surface area (Å²) in [5, 5.41) is 0. The molecule has 1 heterocycles. The fourth-order valence-corrected chi connectivity index (χ4v) is 2.59. The molecule has 4 nitrogen and oxygen atoms in total. The maximum Gasteiger partial charge on any atom is 0.330 e. The van der Waals surface area contributed by atoms with Crippen LogP contribution >= 0.6 is 0 Å². The summed E-state index contributed by atoms with van der Waals surface area (Å²) in [5.41, 5.74) is 0. The molecule has 1 aliphatic rings. The molecule has 1 rings (SSSR count). The Hall–Kier alpha value is -1.58. The Bertz CT molecular complexity index is 360. The lowest BCUT2D eigenvalue weighted by Gasteiger charge is -2.04. The minimum Gasteiger partial charge on any atom is -0.463 e. The normalized spacial score (nSPS) is 23.8. The maximum absolute atomic E-state index is 11.5. The number of ether oxygens (including phenoxy) is 2. The van der Waals surface area contributed by atoms with Gasteiger partial charge in [0, 0.05) is 12.2 Å². The summed E-state index contributed by atoms with van der Waals surface area (Å²) < 4.78 is 10.2. The van der Waals surface area contributed by atoms with Gasteiger partial charge in [-0.05, 0) is 38.5 Å². The Kier molecular flexibility index (Phi) is 12.8. The highest BCUT2D eigenvalue weighted by molar-refractivity contribution is 5.82. The number of hydrogen-bond acceptors (Lipinski definition) is 4. The predicted molar refractivity (Wildman–Crippen MR) is 95.6 cm³/mol. The van der Waals surface area contributed by atoms with Crippen molar-refractivity contribution in [2.45, 2.75) is 77.0 Å². The highest BCUT2D eigenvalue weighted by atomic mass is 16.5. The van der Waals surface area contributed by atoms with Crippen LogP contribution in [0, 0.1) is 0 Å². The van der Waals surface area contributed by atoms with Gasteiger partial charge in [-0.2, -0.15) is 0 Å². The molecule has 4 heteroatoms. The summed E-state index contributed by atoms with van der Waals surface area (Å²) in [5.74, 6) is -0.561. The quantitative estimate of drug-likeness (QED) is 0.592. The van der Waals surface area contributed by atoms with Gasteiger partial charge >= 0.3 is 11.9 Å². The van der Waals surface area contributed by atoms with Crippen LogP contribution in [0.15, 0.2) is 24.3 Å². The van der Waals surface area contributed by atoms with Crippen molar-refractivity contribution in [3.05, 3.63) is 24.3 Å². The summed E-state index contributed by atoms with van der Waals surface area (Å²) in [6.45, 7) is 0.743. The lowest BCUT2D eigenvalue weighted by molar-refractivity contribution is -0.140.